The van der Waals surface area contributed by atoms with E-state index in [1.54, 1.807) is 0 Å². The van der Waals surface area contributed by atoms with E-state index in [4.69, 9.17) is 0 Å². The molecular weight excluding hydrogens is 210 g/mol. The van der Waals surface area contributed by atoms with Crippen LogP contribution in [-0.4, -0.2) is 29.5 Å². The molecule has 0 spiro atoms. The fourth-order valence-electron chi connectivity index (χ4n) is 1.69. The van der Waals surface area contributed by atoms with Gasteiger partial charge in [-0.2, -0.15) is 0 Å². The number of nitrogens with one attached hydrogen (secondary N) is 1. The normalized spacial score (nSPS) is 10.8. The molecule has 0 aliphatic rings. The van der Waals surface area contributed by atoms with E-state index in [0.29, 0.717) is 0 Å². The van der Waals surface area contributed by atoms with E-state index in [0.717, 1.165) is 44.1 Å². The average Bonchev–Trinajstić information content (AvgIpc) is 2.36. The third kappa shape index (κ3) is 5.11. The number of hydrogen-bond donors (Lipinski definition) is 1. The van der Waals surface area contributed by atoms with Gasteiger partial charge >= 0.3 is 0 Å². The molecule has 0 saturated carbocycles. The highest BCUT2D eigenvalue weighted by molar-refractivity contribution is 5.11. The lowest BCUT2D eigenvalue weighted by atomic mass is 10.2. The molecular formula is C14H23N3. The standard InChI is InChI=1S/C14H23N3/c1-4-10-17(6-3)12-14-9-7-8-13(16-14)11-15-5-2/h4,7-9,15H,1,5-6,10-12H2,2-3H3. The van der Waals surface area contributed by atoms with Gasteiger partial charge in [-0.3, -0.25) is 9.88 Å². The molecule has 0 fully saturated rings. The van der Waals surface area contributed by atoms with Crippen LogP contribution in [0.4, 0.5) is 0 Å². The molecule has 0 aliphatic carbocycles. The summed E-state index contributed by atoms with van der Waals surface area (Å²) in [7, 11) is 0. The summed E-state index contributed by atoms with van der Waals surface area (Å²) in [6.45, 7) is 12.7. The van der Waals surface area contributed by atoms with Crippen molar-refractivity contribution in [3.05, 3.63) is 42.2 Å². The summed E-state index contributed by atoms with van der Waals surface area (Å²) in [4.78, 5) is 6.95. The second kappa shape index (κ2) is 7.98. The molecule has 1 heterocycles. The molecule has 1 N–H and O–H groups in total. The number of nitrogens with zero attached hydrogens (tertiary/aromatic N) is 2. The van der Waals surface area contributed by atoms with E-state index in [9.17, 15) is 0 Å². The SMILES string of the molecule is C=CCN(CC)Cc1cccc(CNCC)n1. The van der Waals surface area contributed by atoms with Crippen LogP contribution in [0.1, 0.15) is 25.2 Å². The van der Waals surface area contributed by atoms with Gasteiger partial charge in [0, 0.05) is 19.6 Å². The molecule has 0 atom stereocenters. The Morgan fingerprint density at radius 1 is 1.35 bits per heavy atom. The minimum Gasteiger partial charge on any atom is -0.311 e. The lowest BCUT2D eigenvalue weighted by Crippen LogP contribution is -2.23. The van der Waals surface area contributed by atoms with Gasteiger partial charge in [0.25, 0.3) is 0 Å². The highest BCUT2D eigenvalue weighted by Crippen LogP contribution is 2.04. The molecule has 1 aromatic rings. The van der Waals surface area contributed by atoms with Gasteiger partial charge in [-0.05, 0) is 25.2 Å². The quantitative estimate of drug-likeness (QED) is 0.698. The molecule has 0 aromatic carbocycles. The van der Waals surface area contributed by atoms with Crippen LogP contribution in [0.2, 0.25) is 0 Å². The van der Waals surface area contributed by atoms with Crippen molar-refractivity contribution in [1.82, 2.24) is 15.2 Å². The van der Waals surface area contributed by atoms with E-state index in [1.807, 2.05) is 6.08 Å². The Balaban J connectivity index is 2.60. The summed E-state index contributed by atoms with van der Waals surface area (Å²) in [5.74, 6) is 0. The molecule has 3 heteroatoms. The number of pyridine rings is 1. The minimum absolute atomic E-state index is 0.845. The van der Waals surface area contributed by atoms with Crippen molar-refractivity contribution in [3.8, 4) is 0 Å². The smallest absolute Gasteiger partial charge is 0.0547 e. The molecule has 0 saturated heterocycles. The van der Waals surface area contributed by atoms with Crippen LogP contribution < -0.4 is 5.32 Å². The minimum atomic E-state index is 0.845. The van der Waals surface area contributed by atoms with Crippen LogP contribution >= 0.6 is 0 Å². The average molecular weight is 233 g/mol. The number of aromatic nitrogens is 1. The van der Waals surface area contributed by atoms with Gasteiger partial charge in [0.2, 0.25) is 0 Å². The van der Waals surface area contributed by atoms with E-state index < -0.39 is 0 Å². The number of rotatable bonds is 8. The molecule has 1 aromatic heterocycles. The maximum atomic E-state index is 4.64. The van der Waals surface area contributed by atoms with Gasteiger partial charge in [0.15, 0.2) is 0 Å². The van der Waals surface area contributed by atoms with Crippen molar-refractivity contribution < 1.29 is 0 Å². The van der Waals surface area contributed by atoms with E-state index in [1.165, 1.54) is 0 Å². The van der Waals surface area contributed by atoms with Crippen molar-refractivity contribution in [3.63, 3.8) is 0 Å². The monoisotopic (exact) mass is 233 g/mol. The second-order valence-corrected chi connectivity index (χ2v) is 4.02. The van der Waals surface area contributed by atoms with Gasteiger partial charge < -0.3 is 5.32 Å². The highest BCUT2D eigenvalue weighted by Gasteiger charge is 2.03. The van der Waals surface area contributed by atoms with Crippen LogP contribution in [-0.2, 0) is 13.1 Å². The largest absolute Gasteiger partial charge is 0.311 e. The number of likely N-dealkylation sites (N-methyl/N-ethyl adjacent to an activating group) is 1. The molecule has 0 aliphatic heterocycles. The molecule has 0 amide bonds. The third-order valence-electron chi connectivity index (χ3n) is 2.64. The molecule has 0 unspecified atom stereocenters. The van der Waals surface area contributed by atoms with Crippen LogP contribution in [0.15, 0.2) is 30.9 Å². The zero-order valence-electron chi connectivity index (χ0n) is 10.9. The van der Waals surface area contributed by atoms with Crippen molar-refractivity contribution in [2.24, 2.45) is 0 Å². The predicted molar refractivity (Wildman–Crippen MR) is 72.8 cm³/mol. The van der Waals surface area contributed by atoms with Crippen LogP contribution in [0.5, 0.6) is 0 Å². The molecule has 1 rings (SSSR count). The molecule has 0 radical (unpaired) electrons. The van der Waals surface area contributed by atoms with Gasteiger partial charge in [0.05, 0.1) is 11.4 Å². The Hall–Kier alpha value is -1.19. The van der Waals surface area contributed by atoms with Crippen molar-refractivity contribution in [2.45, 2.75) is 26.9 Å². The van der Waals surface area contributed by atoms with Crippen LogP contribution in [0.3, 0.4) is 0 Å². The lowest BCUT2D eigenvalue weighted by Gasteiger charge is -2.18. The first-order valence-electron chi connectivity index (χ1n) is 6.28. The first kappa shape index (κ1) is 13.9. The maximum Gasteiger partial charge on any atom is 0.0547 e. The fourth-order valence-corrected chi connectivity index (χ4v) is 1.69. The third-order valence-corrected chi connectivity index (χ3v) is 2.64. The van der Waals surface area contributed by atoms with Gasteiger partial charge in [0.1, 0.15) is 0 Å². The predicted octanol–water partition coefficient (Wildman–Crippen LogP) is 2.20. The Kier molecular flexibility index (Phi) is 6.51. The summed E-state index contributed by atoms with van der Waals surface area (Å²) in [6, 6.07) is 6.23. The lowest BCUT2D eigenvalue weighted by molar-refractivity contribution is 0.307. The van der Waals surface area contributed by atoms with E-state index in [-0.39, 0.29) is 0 Å². The summed E-state index contributed by atoms with van der Waals surface area (Å²) in [6.07, 6.45) is 1.94. The summed E-state index contributed by atoms with van der Waals surface area (Å²) in [5.41, 5.74) is 2.24. The van der Waals surface area contributed by atoms with Gasteiger partial charge in [-0.25, -0.2) is 0 Å². The van der Waals surface area contributed by atoms with E-state index in [2.05, 4.69) is 53.8 Å². The maximum absolute atomic E-state index is 4.64. The topological polar surface area (TPSA) is 28.2 Å². The highest BCUT2D eigenvalue weighted by atomic mass is 15.1. The first-order valence-corrected chi connectivity index (χ1v) is 6.28. The summed E-state index contributed by atoms with van der Waals surface area (Å²) < 4.78 is 0. The zero-order chi connectivity index (χ0) is 12.5. The Morgan fingerprint density at radius 3 is 2.76 bits per heavy atom. The van der Waals surface area contributed by atoms with Crippen LogP contribution in [0.25, 0.3) is 0 Å². The molecule has 17 heavy (non-hydrogen) atoms. The van der Waals surface area contributed by atoms with Crippen molar-refractivity contribution >= 4 is 0 Å². The van der Waals surface area contributed by atoms with Gasteiger partial charge in [-0.15, -0.1) is 6.58 Å². The summed E-state index contributed by atoms with van der Waals surface area (Å²) >= 11 is 0. The Labute approximate surface area is 105 Å². The first-order chi connectivity index (χ1) is 8.30. The molecule has 94 valence electrons. The van der Waals surface area contributed by atoms with E-state index >= 15 is 0 Å². The summed E-state index contributed by atoms with van der Waals surface area (Å²) in [5, 5.41) is 3.29. The number of hydrogen-bond acceptors (Lipinski definition) is 3. The van der Waals surface area contributed by atoms with Crippen molar-refractivity contribution in [2.75, 3.05) is 19.6 Å². The van der Waals surface area contributed by atoms with Crippen molar-refractivity contribution in [1.29, 1.82) is 0 Å². The molecule has 3 nitrogen and oxygen atoms in total. The fraction of sp³-hybridized carbons (Fsp3) is 0.500. The zero-order valence-corrected chi connectivity index (χ0v) is 10.9. The second-order valence-electron chi connectivity index (χ2n) is 4.02. The Morgan fingerprint density at radius 2 is 2.12 bits per heavy atom. The Bertz CT molecular complexity index is 336. The van der Waals surface area contributed by atoms with Gasteiger partial charge in [-0.1, -0.05) is 26.0 Å². The molecule has 0 bridgehead atoms. The van der Waals surface area contributed by atoms with Crippen LogP contribution in [0, 0.1) is 0 Å².